The Bertz CT molecular complexity index is 605. The summed E-state index contributed by atoms with van der Waals surface area (Å²) in [4.78, 5) is 0. The summed E-state index contributed by atoms with van der Waals surface area (Å²) in [6.45, 7) is 1.51. The molecule has 0 aliphatic heterocycles. The van der Waals surface area contributed by atoms with Gasteiger partial charge in [0.25, 0.3) is 0 Å². The van der Waals surface area contributed by atoms with Crippen LogP contribution in [0.4, 0.5) is 0 Å². The Balaban J connectivity index is 1.75. The lowest BCUT2D eigenvalue weighted by molar-refractivity contribution is 0.0888. The van der Waals surface area contributed by atoms with Crippen molar-refractivity contribution in [2.75, 3.05) is 20.3 Å². The van der Waals surface area contributed by atoms with Gasteiger partial charge in [0.05, 0.1) is 25.9 Å². The summed E-state index contributed by atoms with van der Waals surface area (Å²) in [5.41, 5.74) is 1.63. The van der Waals surface area contributed by atoms with E-state index in [2.05, 4.69) is 6.07 Å². The number of benzene rings is 2. The minimum Gasteiger partial charge on any atom is -0.495 e. The van der Waals surface area contributed by atoms with Gasteiger partial charge in [0, 0.05) is 6.07 Å². The first-order chi connectivity index (χ1) is 10.3. The quantitative estimate of drug-likeness (QED) is 0.732. The predicted molar refractivity (Wildman–Crippen MR) is 79.3 cm³/mol. The van der Waals surface area contributed by atoms with Crippen LogP contribution in [0.2, 0.25) is 0 Å². The second-order valence-electron chi connectivity index (χ2n) is 4.36. The summed E-state index contributed by atoms with van der Waals surface area (Å²) >= 11 is 0. The van der Waals surface area contributed by atoms with Gasteiger partial charge in [-0.25, -0.2) is 0 Å². The number of nitriles is 1. The van der Waals surface area contributed by atoms with Crippen LogP contribution < -0.4 is 9.47 Å². The second kappa shape index (κ2) is 7.93. The molecule has 4 heteroatoms. The fourth-order valence-corrected chi connectivity index (χ4v) is 1.84. The molecule has 21 heavy (non-hydrogen) atoms. The standard InChI is InChI=1S/C17H17NO3/c1-19-17-11-16(8-7-15(17)12-18)21-10-9-20-13-14-5-3-2-4-6-14/h2-8,11H,9-10,13H2,1H3. The van der Waals surface area contributed by atoms with E-state index in [9.17, 15) is 0 Å². The average molecular weight is 283 g/mol. The smallest absolute Gasteiger partial charge is 0.140 e. The van der Waals surface area contributed by atoms with Crippen LogP contribution in [0.1, 0.15) is 11.1 Å². The van der Waals surface area contributed by atoms with Gasteiger partial charge in [-0.05, 0) is 17.7 Å². The zero-order valence-electron chi connectivity index (χ0n) is 11.9. The summed E-state index contributed by atoms with van der Waals surface area (Å²) < 4.78 is 16.2. The second-order valence-corrected chi connectivity index (χ2v) is 4.36. The average Bonchev–Trinajstić information content (AvgIpc) is 2.55. The van der Waals surface area contributed by atoms with Gasteiger partial charge in [-0.2, -0.15) is 5.26 Å². The van der Waals surface area contributed by atoms with E-state index in [1.54, 1.807) is 18.2 Å². The van der Waals surface area contributed by atoms with Crippen molar-refractivity contribution in [2.24, 2.45) is 0 Å². The van der Waals surface area contributed by atoms with E-state index in [1.165, 1.54) is 7.11 Å². The van der Waals surface area contributed by atoms with Crippen molar-refractivity contribution >= 4 is 0 Å². The number of nitrogens with zero attached hydrogens (tertiary/aromatic N) is 1. The Kier molecular flexibility index (Phi) is 5.62. The topological polar surface area (TPSA) is 51.5 Å². The van der Waals surface area contributed by atoms with Crippen LogP contribution in [0.15, 0.2) is 48.5 Å². The van der Waals surface area contributed by atoms with E-state index in [4.69, 9.17) is 19.5 Å². The molecule has 0 aliphatic carbocycles. The molecule has 0 aliphatic rings. The molecule has 0 amide bonds. The molecule has 0 unspecified atom stereocenters. The summed E-state index contributed by atoms with van der Waals surface area (Å²) in [7, 11) is 1.53. The zero-order valence-corrected chi connectivity index (χ0v) is 11.9. The van der Waals surface area contributed by atoms with Gasteiger partial charge >= 0.3 is 0 Å². The van der Waals surface area contributed by atoms with Gasteiger partial charge in [0.1, 0.15) is 24.2 Å². The van der Waals surface area contributed by atoms with E-state index in [0.29, 0.717) is 36.9 Å². The van der Waals surface area contributed by atoms with Gasteiger partial charge < -0.3 is 14.2 Å². The van der Waals surface area contributed by atoms with Crippen molar-refractivity contribution in [1.82, 2.24) is 0 Å². The molecule has 0 bridgehead atoms. The number of hydrogen-bond donors (Lipinski definition) is 0. The Hall–Kier alpha value is -2.51. The number of methoxy groups -OCH3 is 1. The summed E-state index contributed by atoms with van der Waals surface area (Å²) in [5.74, 6) is 1.18. The van der Waals surface area contributed by atoms with Crippen molar-refractivity contribution in [2.45, 2.75) is 6.61 Å². The maximum Gasteiger partial charge on any atom is 0.140 e. The Labute approximate surface area is 124 Å². The van der Waals surface area contributed by atoms with Crippen molar-refractivity contribution in [3.8, 4) is 17.6 Å². The Morgan fingerprint density at radius 2 is 1.86 bits per heavy atom. The van der Waals surface area contributed by atoms with Crippen molar-refractivity contribution in [1.29, 1.82) is 5.26 Å². The van der Waals surface area contributed by atoms with E-state index < -0.39 is 0 Å². The summed E-state index contributed by atoms with van der Waals surface area (Å²) in [6.07, 6.45) is 0. The Morgan fingerprint density at radius 3 is 2.57 bits per heavy atom. The van der Waals surface area contributed by atoms with E-state index >= 15 is 0 Å². The minimum atomic E-state index is 0.446. The van der Waals surface area contributed by atoms with Crippen LogP contribution in [-0.2, 0) is 11.3 Å². The van der Waals surface area contributed by atoms with E-state index in [-0.39, 0.29) is 0 Å². The third-order valence-corrected chi connectivity index (χ3v) is 2.90. The first-order valence-electron chi connectivity index (χ1n) is 6.66. The molecular weight excluding hydrogens is 266 g/mol. The van der Waals surface area contributed by atoms with Crippen LogP contribution >= 0.6 is 0 Å². The lowest BCUT2D eigenvalue weighted by Gasteiger charge is -2.09. The van der Waals surface area contributed by atoms with Gasteiger partial charge in [0.2, 0.25) is 0 Å². The summed E-state index contributed by atoms with van der Waals surface area (Å²) in [5, 5.41) is 8.90. The zero-order chi connectivity index (χ0) is 14.9. The van der Waals surface area contributed by atoms with Crippen LogP contribution in [-0.4, -0.2) is 20.3 Å². The van der Waals surface area contributed by atoms with Crippen LogP contribution in [0.25, 0.3) is 0 Å². The highest BCUT2D eigenvalue weighted by atomic mass is 16.5. The summed E-state index contributed by atoms with van der Waals surface area (Å²) in [6, 6.07) is 17.2. The van der Waals surface area contributed by atoms with Crippen LogP contribution in [0.5, 0.6) is 11.5 Å². The first kappa shape index (κ1) is 14.9. The highest BCUT2D eigenvalue weighted by Crippen LogP contribution is 2.23. The largest absolute Gasteiger partial charge is 0.495 e. The van der Waals surface area contributed by atoms with E-state index in [1.807, 2.05) is 30.3 Å². The number of ether oxygens (including phenoxy) is 3. The highest BCUT2D eigenvalue weighted by Gasteiger charge is 2.04. The Morgan fingerprint density at radius 1 is 1.05 bits per heavy atom. The normalized spacial score (nSPS) is 9.90. The molecule has 0 aromatic heterocycles. The third kappa shape index (κ3) is 4.51. The molecular formula is C17H17NO3. The van der Waals surface area contributed by atoms with Gasteiger partial charge in [-0.1, -0.05) is 30.3 Å². The molecule has 0 N–H and O–H groups in total. The first-order valence-corrected chi connectivity index (χ1v) is 6.66. The lowest BCUT2D eigenvalue weighted by atomic mass is 10.2. The SMILES string of the molecule is COc1cc(OCCOCc2ccccc2)ccc1C#N. The molecule has 0 fully saturated rings. The molecule has 0 radical (unpaired) electrons. The molecule has 2 rings (SSSR count). The van der Waals surface area contributed by atoms with Crippen molar-refractivity contribution < 1.29 is 14.2 Å². The highest BCUT2D eigenvalue weighted by molar-refractivity contribution is 5.47. The molecule has 0 spiro atoms. The maximum atomic E-state index is 8.90. The fourth-order valence-electron chi connectivity index (χ4n) is 1.84. The molecule has 4 nitrogen and oxygen atoms in total. The molecule has 0 atom stereocenters. The van der Waals surface area contributed by atoms with Gasteiger partial charge in [-0.15, -0.1) is 0 Å². The predicted octanol–water partition coefficient (Wildman–Crippen LogP) is 3.16. The lowest BCUT2D eigenvalue weighted by Crippen LogP contribution is -2.06. The van der Waals surface area contributed by atoms with Crippen LogP contribution in [0, 0.1) is 11.3 Å². The number of rotatable bonds is 7. The fraction of sp³-hybridized carbons (Fsp3) is 0.235. The van der Waals surface area contributed by atoms with Crippen molar-refractivity contribution in [3.05, 3.63) is 59.7 Å². The van der Waals surface area contributed by atoms with Gasteiger partial charge in [0.15, 0.2) is 0 Å². The molecule has 2 aromatic rings. The molecule has 0 saturated heterocycles. The molecule has 108 valence electrons. The third-order valence-electron chi connectivity index (χ3n) is 2.90. The molecule has 2 aromatic carbocycles. The molecule has 0 saturated carbocycles. The molecule has 0 heterocycles. The number of hydrogen-bond acceptors (Lipinski definition) is 4. The maximum absolute atomic E-state index is 8.90. The van der Waals surface area contributed by atoms with E-state index in [0.717, 1.165) is 5.56 Å². The van der Waals surface area contributed by atoms with Crippen LogP contribution in [0.3, 0.4) is 0 Å². The van der Waals surface area contributed by atoms with Gasteiger partial charge in [-0.3, -0.25) is 0 Å². The van der Waals surface area contributed by atoms with Crippen molar-refractivity contribution in [3.63, 3.8) is 0 Å². The minimum absolute atomic E-state index is 0.446. The monoisotopic (exact) mass is 283 g/mol.